The second kappa shape index (κ2) is 8.59. The number of hydrogen-bond donors (Lipinski definition) is 1. The number of hydrogen-bond acceptors (Lipinski definition) is 7. The number of anilines is 1. The topological polar surface area (TPSA) is 66.4 Å². The first kappa shape index (κ1) is 22.3. The van der Waals surface area contributed by atoms with Crippen LogP contribution in [0, 0.1) is 5.82 Å². The summed E-state index contributed by atoms with van der Waals surface area (Å²) in [6, 6.07) is 10.2. The third-order valence-corrected chi connectivity index (χ3v) is 8.44. The lowest BCUT2D eigenvalue weighted by Crippen LogP contribution is -2.51. The molecule has 7 nitrogen and oxygen atoms in total. The monoisotopic (exact) mass is 492 g/mol. The Kier molecular flexibility index (Phi) is 5.32. The quantitative estimate of drug-likeness (QED) is 0.582. The van der Waals surface area contributed by atoms with Gasteiger partial charge in [0.15, 0.2) is 5.82 Å². The summed E-state index contributed by atoms with van der Waals surface area (Å²) in [5, 5.41) is 4.23. The van der Waals surface area contributed by atoms with Gasteiger partial charge in [-0.05, 0) is 32.2 Å². The number of ether oxygens (including phenoxy) is 1. The van der Waals surface area contributed by atoms with Gasteiger partial charge in [-0.15, -0.1) is 0 Å². The van der Waals surface area contributed by atoms with E-state index < -0.39 is 12.0 Å². The fourth-order valence-electron chi connectivity index (χ4n) is 6.74. The summed E-state index contributed by atoms with van der Waals surface area (Å²) >= 11 is 0. The molecule has 7 rings (SSSR count). The first-order valence-corrected chi connectivity index (χ1v) is 13.0. The van der Waals surface area contributed by atoms with Crippen LogP contribution in [0.4, 0.5) is 14.6 Å². The number of benzene rings is 1. The normalized spacial score (nSPS) is 29.7. The van der Waals surface area contributed by atoms with E-state index in [-0.39, 0.29) is 22.8 Å². The van der Waals surface area contributed by atoms with E-state index in [1.54, 1.807) is 6.20 Å². The van der Waals surface area contributed by atoms with Crippen LogP contribution in [0.2, 0.25) is 0 Å². The van der Waals surface area contributed by atoms with Crippen molar-refractivity contribution < 1.29 is 13.5 Å². The highest BCUT2D eigenvalue weighted by Gasteiger charge is 2.49. The zero-order chi connectivity index (χ0) is 24.3. The molecule has 2 aromatic heterocycles. The van der Waals surface area contributed by atoms with Crippen molar-refractivity contribution in [3.8, 4) is 17.3 Å². The molecule has 4 atom stereocenters. The molecule has 0 unspecified atom stereocenters. The van der Waals surface area contributed by atoms with E-state index in [4.69, 9.17) is 9.72 Å². The Morgan fingerprint density at radius 1 is 1.08 bits per heavy atom. The van der Waals surface area contributed by atoms with Crippen molar-refractivity contribution in [1.82, 2.24) is 25.2 Å². The molecule has 36 heavy (non-hydrogen) atoms. The van der Waals surface area contributed by atoms with Gasteiger partial charge in [-0.25, -0.2) is 8.78 Å². The van der Waals surface area contributed by atoms with Crippen molar-refractivity contribution >= 4 is 16.7 Å². The molecule has 4 aliphatic rings. The fraction of sp³-hybridized carbons (Fsp3) is 0.519. The molecule has 4 saturated heterocycles. The highest BCUT2D eigenvalue weighted by molar-refractivity contribution is 5.92. The minimum absolute atomic E-state index is 0.149. The number of aromatic nitrogens is 3. The van der Waals surface area contributed by atoms with Gasteiger partial charge in [-0.3, -0.25) is 9.88 Å². The molecule has 0 amide bonds. The van der Waals surface area contributed by atoms with Crippen molar-refractivity contribution in [2.75, 3.05) is 37.7 Å². The number of nitrogens with zero attached hydrogens (tertiary/aromatic N) is 5. The molecule has 1 aromatic carbocycles. The molecule has 9 heteroatoms. The number of rotatable bonds is 5. The molecule has 1 N–H and O–H groups in total. The summed E-state index contributed by atoms with van der Waals surface area (Å²) in [4.78, 5) is 18.3. The average Bonchev–Trinajstić information content (AvgIpc) is 3.54. The van der Waals surface area contributed by atoms with Gasteiger partial charge in [0.25, 0.3) is 0 Å². The lowest BCUT2D eigenvalue weighted by molar-refractivity contribution is 0.107. The summed E-state index contributed by atoms with van der Waals surface area (Å²) in [5.74, 6) is 0.186. The van der Waals surface area contributed by atoms with Crippen LogP contribution in [0.1, 0.15) is 32.1 Å². The molecular formula is C27H30F2N6O. The predicted molar refractivity (Wildman–Crippen MR) is 133 cm³/mol. The first-order chi connectivity index (χ1) is 17.6. The van der Waals surface area contributed by atoms with E-state index in [9.17, 15) is 4.39 Å². The molecule has 0 spiro atoms. The number of fused-ring (bicyclic) bond motifs is 4. The Hall–Kier alpha value is -2.91. The molecule has 0 saturated carbocycles. The number of halogens is 2. The SMILES string of the molecule is Fc1c(-c2ccccc2)ncc2c(N3C[C@H]4CC[C@@H](C3)N4)nc(OC[C@@]34CCCN3C[C@H](F)C4)nc12. The molecule has 0 aliphatic carbocycles. The van der Waals surface area contributed by atoms with Crippen molar-refractivity contribution in [2.24, 2.45) is 0 Å². The number of alkyl halides is 1. The van der Waals surface area contributed by atoms with Gasteiger partial charge in [0.1, 0.15) is 29.8 Å². The van der Waals surface area contributed by atoms with E-state index in [0.717, 1.165) is 45.3 Å². The van der Waals surface area contributed by atoms with Crippen LogP contribution in [0.15, 0.2) is 36.5 Å². The van der Waals surface area contributed by atoms with Crippen molar-refractivity contribution in [1.29, 1.82) is 0 Å². The van der Waals surface area contributed by atoms with Crippen molar-refractivity contribution in [2.45, 2.75) is 55.9 Å². The first-order valence-electron chi connectivity index (χ1n) is 13.0. The zero-order valence-corrected chi connectivity index (χ0v) is 20.2. The summed E-state index contributed by atoms with van der Waals surface area (Å²) in [7, 11) is 0. The third-order valence-electron chi connectivity index (χ3n) is 8.44. The van der Waals surface area contributed by atoms with Crippen LogP contribution in [0.25, 0.3) is 22.2 Å². The standard InChI is InChI=1S/C27H30F2N6O/c28-18-11-27(9-4-10-35(27)13-18)16-36-26-32-24-21(12-30-23(22(24)29)17-5-2-1-3-6-17)25(33-26)34-14-19-7-8-20(15-34)31-19/h1-3,5-6,12,18-20,31H,4,7-11,13-16H2/t18-,19-,20+,27+/m1/s1. The Bertz CT molecular complexity index is 1280. The van der Waals surface area contributed by atoms with E-state index in [1.165, 1.54) is 0 Å². The summed E-state index contributed by atoms with van der Waals surface area (Å²) in [5.41, 5.74) is 0.846. The van der Waals surface area contributed by atoms with Crippen LogP contribution in [0.5, 0.6) is 6.01 Å². The van der Waals surface area contributed by atoms with Crippen LogP contribution < -0.4 is 15.0 Å². The van der Waals surface area contributed by atoms with E-state index >= 15 is 4.39 Å². The van der Waals surface area contributed by atoms with E-state index in [2.05, 4.69) is 25.1 Å². The second-order valence-corrected chi connectivity index (χ2v) is 10.8. The highest BCUT2D eigenvalue weighted by atomic mass is 19.1. The minimum atomic E-state index is -0.838. The van der Waals surface area contributed by atoms with Crippen molar-refractivity contribution in [3.63, 3.8) is 0 Å². The maximum atomic E-state index is 16.0. The lowest BCUT2D eigenvalue weighted by atomic mass is 9.95. The summed E-state index contributed by atoms with van der Waals surface area (Å²) in [6.07, 6.45) is 5.49. The van der Waals surface area contributed by atoms with Gasteiger partial charge in [-0.2, -0.15) is 9.97 Å². The molecule has 6 heterocycles. The molecule has 0 radical (unpaired) electrons. The van der Waals surface area contributed by atoms with Gasteiger partial charge in [0.05, 0.1) is 10.9 Å². The van der Waals surface area contributed by atoms with Gasteiger partial charge in [0.2, 0.25) is 0 Å². The Morgan fingerprint density at radius 3 is 2.69 bits per heavy atom. The van der Waals surface area contributed by atoms with Gasteiger partial charge in [0, 0.05) is 49.9 Å². The van der Waals surface area contributed by atoms with Crippen LogP contribution >= 0.6 is 0 Å². The molecular weight excluding hydrogens is 462 g/mol. The van der Waals surface area contributed by atoms with Crippen LogP contribution in [-0.2, 0) is 0 Å². The third kappa shape index (κ3) is 3.71. The Balaban J connectivity index is 1.29. The van der Waals surface area contributed by atoms with E-state index in [1.807, 2.05) is 30.3 Å². The highest BCUT2D eigenvalue weighted by Crippen LogP contribution is 2.41. The molecule has 2 bridgehead atoms. The Labute approximate surface area is 208 Å². The average molecular weight is 493 g/mol. The van der Waals surface area contributed by atoms with Crippen molar-refractivity contribution in [3.05, 3.63) is 42.3 Å². The lowest BCUT2D eigenvalue weighted by Gasteiger charge is -2.34. The number of piperazine rings is 1. The van der Waals surface area contributed by atoms with Gasteiger partial charge < -0.3 is 15.0 Å². The summed E-state index contributed by atoms with van der Waals surface area (Å²) < 4.78 is 36.4. The molecule has 4 fully saturated rings. The van der Waals surface area contributed by atoms with E-state index in [0.29, 0.717) is 48.4 Å². The van der Waals surface area contributed by atoms with Gasteiger partial charge in [-0.1, -0.05) is 30.3 Å². The predicted octanol–water partition coefficient (Wildman–Crippen LogP) is 3.73. The maximum Gasteiger partial charge on any atom is 0.319 e. The number of pyridine rings is 1. The van der Waals surface area contributed by atoms with Crippen LogP contribution in [-0.4, -0.2) is 76.4 Å². The van der Waals surface area contributed by atoms with Gasteiger partial charge >= 0.3 is 6.01 Å². The molecule has 4 aliphatic heterocycles. The largest absolute Gasteiger partial charge is 0.461 e. The summed E-state index contributed by atoms with van der Waals surface area (Å²) in [6.45, 7) is 3.25. The second-order valence-electron chi connectivity index (χ2n) is 10.8. The maximum absolute atomic E-state index is 16.0. The van der Waals surface area contributed by atoms with Crippen LogP contribution in [0.3, 0.4) is 0 Å². The zero-order valence-electron chi connectivity index (χ0n) is 20.2. The number of nitrogens with one attached hydrogen (secondary N) is 1. The fourth-order valence-corrected chi connectivity index (χ4v) is 6.74. The Morgan fingerprint density at radius 2 is 1.89 bits per heavy atom. The smallest absolute Gasteiger partial charge is 0.319 e. The minimum Gasteiger partial charge on any atom is -0.461 e. The molecule has 3 aromatic rings. The molecule has 188 valence electrons.